The van der Waals surface area contributed by atoms with Gasteiger partial charge in [0.2, 0.25) is 0 Å². The molecule has 6 nitrogen and oxygen atoms in total. The van der Waals surface area contributed by atoms with E-state index < -0.39 is 0 Å². The van der Waals surface area contributed by atoms with E-state index in [1.54, 1.807) is 41.8 Å². The summed E-state index contributed by atoms with van der Waals surface area (Å²) in [6.45, 7) is 1.79. The predicted molar refractivity (Wildman–Crippen MR) is 131 cm³/mol. The number of nitrogens with zero attached hydrogens (tertiary/aromatic N) is 2. The molecule has 0 unspecified atom stereocenters. The summed E-state index contributed by atoms with van der Waals surface area (Å²) in [7, 11) is 1.53. The van der Waals surface area contributed by atoms with Crippen LogP contribution >= 0.6 is 0 Å². The molecule has 0 saturated heterocycles. The molecule has 1 amide bonds. The molecule has 0 aliphatic heterocycles. The highest BCUT2D eigenvalue weighted by atomic mass is 16.5. The number of rotatable bonds is 4. The molecular formula is C27H21N3O3. The molecule has 33 heavy (non-hydrogen) atoms. The summed E-state index contributed by atoms with van der Waals surface area (Å²) in [5.41, 5.74) is 2.19. The molecule has 0 spiro atoms. The topological polar surface area (TPSA) is 73.2 Å². The fraction of sp³-hybridized carbons (Fsp3) is 0.0741. The summed E-state index contributed by atoms with van der Waals surface area (Å²) in [5, 5.41) is 5.34. The van der Waals surface area contributed by atoms with Gasteiger partial charge in [-0.15, -0.1) is 0 Å². The highest BCUT2D eigenvalue weighted by molar-refractivity contribution is 6.13. The Balaban J connectivity index is 1.54. The molecule has 1 aromatic heterocycles. The number of para-hydroxylation sites is 1. The highest BCUT2D eigenvalue weighted by Crippen LogP contribution is 2.29. The zero-order valence-corrected chi connectivity index (χ0v) is 18.2. The first-order valence-electron chi connectivity index (χ1n) is 10.5. The van der Waals surface area contributed by atoms with Crippen LogP contribution in [0.5, 0.6) is 5.75 Å². The minimum absolute atomic E-state index is 0.160. The zero-order valence-electron chi connectivity index (χ0n) is 18.2. The molecule has 0 fully saturated rings. The lowest BCUT2D eigenvalue weighted by Gasteiger charge is -2.15. The van der Waals surface area contributed by atoms with Crippen LogP contribution in [-0.2, 0) is 0 Å². The number of methoxy groups -OCH3 is 1. The van der Waals surface area contributed by atoms with Crippen LogP contribution in [0.4, 0.5) is 5.69 Å². The number of amides is 1. The minimum atomic E-state index is -0.237. The number of carbonyl (C=O) groups excluding carboxylic acids is 1. The number of aryl methyl sites for hydroxylation is 1. The third kappa shape index (κ3) is 3.61. The van der Waals surface area contributed by atoms with Crippen molar-refractivity contribution in [3.8, 4) is 11.4 Å². The fourth-order valence-corrected chi connectivity index (χ4v) is 4.08. The standard InChI is InChI=1S/C27H21N3O3/c1-17-28-23-13-6-5-11-22(23)27(32)30(17)19-14-15-24(25(16-19)33-2)29-26(31)21-12-7-9-18-8-3-4-10-20(18)21/h3-16H,1-2H3,(H,29,31). The number of ether oxygens (including phenoxy) is 1. The predicted octanol–water partition coefficient (Wildman–Crippen LogP) is 5.11. The van der Waals surface area contributed by atoms with E-state index in [4.69, 9.17) is 4.74 Å². The molecular weight excluding hydrogens is 414 g/mol. The van der Waals surface area contributed by atoms with Crippen molar-refractivity contribution in [2.24, 2.45) is 0 Å². The Bertz CT molecular complexity index is 1580. The second-order valence-electron chi connectivity index (χ2n) is 7.68. The number of anilines is 1. The quantitative estimate of drug-likeness (QED) is 0.426. The first-order chi connectivity index (χ1) is 16.1. The van der Waals surface area contributed by atoms with Crippen LogP contribution < -0.4 is 15.6 Å². The number of hydrogen-bond donors (Lipinski definition) is 1. The largest absolute Gasteiger partial charge is 0.494 e. The van der Waals surface area contributed by atoms with E-state index >= 15 is 0 Å². The van der Waals surface area contributed by atoms with Crippen molar-refractivity contribution >= 4 is 33.3 Å². The maximum Gasteiger partial charge on any atom is 0.265 e. The van der Waals surface area contributed by atoms with Crippen LogP contribution in [-0.4, -0.2) is 22.6 Å². The van der Waals surface area contributed by atoms with Gasteiger partial charge in [-0.05, 0) is 48.0 Å². The van der Waals surface area contributed by atoms with Crippen LogP contribution in [0.3, 0.4) is 0 Å². The van der Waals surface area contributed by atoms with Crippen molar-refractivity contribution < 1.29 is 9.53 Å². The SMILES string of the molecule is COc1cc(-n2c(C)nc3ccccc3c2=O)ccc1NC(=O)c1cccc2ccccc12. The summed E-state index contributed by atoms with van der Waals surface area (Å²) in [5.74, 6) is 0.771. The van der Waals surface area contributed by atoms with Gasteiger partial charge in [0.15, 0.2) is 0 Å². The average Bonchev–Trinajstić information content (AvgIpc) is 2.84. The van der Waals surface area contributed by atoms with E-state index in [2.05, 4.69) is 10.3 Å². The second kappa shape index (κ2) is 8.24. The number of hydrogen-bond acceptors (Lipinski definition) is 4. The molecule has 4 aromatic carbocycles. The number of fused-ring (bicyclic) bond motifs is 2. The second-order valence-corrected chi connectivity index (χ2v) is 7.68. The summed E-state index contributed by atoms with van der Waals surface area (Å²) in [6, 6.07) is 25.9. The lowest BCUT2D eigenvalue weighted by atomic mass is 10.0. The highest BCUT2D eigenvalue weighted by Gasteiger charge is 2.15. The summed E-state index contributed by atoms with van der Waals surface area (Å²) >= 11 is 0. The lowest BCUT2D eigenvalue weighted by Crippen LogP contribution is -2.22. The summed E-state index contributed by atoms with van der Waals surface area (Å²) in [6.07, 6.45) is 0. The molecule has 0 bridgehead atoms. The first-order valence-corrected chi connectivity index (χ1v) is 10.5. The lowest BCUT2D eigenvalue weighted by molar-refractivity contribution is 0.102. The smallest absolute Gasteiger partial charge is 0.265 e. The number of aromatic nitrogens is 2. The molecule has 0 aliphatic carbocycles. The molecule has 0 radical (unpaired) electrons. The Labute approximate surface area is 190 Å². The molecule has 6 heteroatoms. The van der Waals surface area contributed by atoms with Gasteiger partial charge >= 0.3 is 0 Å². The van der Waals surface area contributed by atoms with Gasteiger partial charge in [0, 0.05) is 11.6 Å². The average molecular weight is 435 g/mol. The van der Waals surface area contributed by atoms with Gasteiger partial charge in [-0.1, -0.05) is 48.5 Å². The van der Waals surface area contributed by atoms with Crippen LogP contribution in [0.2, 0.25) is 0 Å². The fourth-order valence-electron chi connectivity index (χ4n) is 4.08. The molecule has 5 aromatic rings. The molecule has 1 N–H and O–H groups in total. The Morgan fingerprint density at radius 2 is 1.64 bits per heavy atom. The normalized spacial score (nSPS) is 11.0. The van der Waals surface area contributed by atoms with Gasteiger partial charge in [0.25, 0.3) is 11.5 Å². The number of nitrogens with one attached hydrogen (secondary N) is 1. The molecule has 0 atom stereocenters. The molecule has 5 rings (SSSR count). The van der Waals surface area contributed by atoms with Gasteiger partial charge in [-0.25, -0.2) is 4.98 Å². The van der Waals surface area contributed by atoms with Gasteiger partial charge in [-0.3, -0.25) is 14.2 Å². The molecule has 0 saturated carbocycles. The Morgan fingerprint density at radius 3 is 2.45 bits per heavy atom. The van der Waals surface area contributed by atoms with Gasteiger partial charge in [-0.2, -0.15) is 0 Å². The molecule has 162 valence electrons. The summed E-state index contributed by atoms with van der Waals surface area (Å²) in [4.78, 5) is 30.8. The van der Waals surface area contributed by atoms with Crippen LogP contribution in [0.15, 0.2) is 89.7 Å². The van der Waals surface area contributed by atoms with E-state index in [-0.39, 0.29) is 11.5 Å². The van der Waals surface area contributed by atoms with Crippen molar-refractivity contribution in [2.75, 3.05) is 12.4 Å². The first kappa shape index (κ1) is 20.5. The third-order valence-electron chi connectivity index (χ3n) is 5.67. The van der Waals surface area contributed by atoms with Crippen LogP contribution in [0.25, 0.3) is 27.4 Å². The van der Waals surface area contributed by atoms with E-state index in [1.807, 2.05) is 54.6 Å². The Kier molecular flexibility index (Phi) is 5.11. The van der Waals surface area contributed by atoms with Gasteiger partial charge in [0.1, 0.15) is 11.6 Å². The van der Waals surface area contributed by atoms with E-state index in [0.29, 0.717) is 39.4 Å². The maximum absolute atomic E-state index is 13.1. The van der Waals surface area contributed by atoms with Crippen molar-refractivity contribution in [3.05, 3.63) is 107 Å². The van der Waals surface area contributed by atoms with Crippen molar-refractivity contribution in [1.29, 1.82) is 0 Å². The monoisotopic (exact) mass is 435 g/mol. The summed E-state index contributed by atoms with van der Waals surface area (Å²) < 4.78 is 7.09. The number of benzene rings is 4. The van der Waals surface area contributed by atoms with Gasteiger partial charge < -0.3 is 10.1 Å². The van der Waals surface area contributed by atoms with E-state index in [0.717, 1.165) is 10.8 Å². The third-order valence-corrected chi connectivity index (χ3v) is 5.67. The van der Waals surface area contributed by atoms with Crippen LogP contribution in [0, 0.1) is 6.92 Å². The minimum Gasteiger partial charge on any atom is -0.494 e. The van der Waals surface area contributed by atoms with Crippen molar-refractivity contribution in [3.63, 3.8) is 0 Å². The molecule has 0 aliphatic rings. The van der Waals surface area contributed by atoms with Crippen molar-refractivity contribution in [2.45, 2.75) is 6.92 Å². The molecule has 1 heterocycles. The van der Waals surface area contributed by atoms with E-state index in [9.17, 15) is 9.59 Å². The van der Waals surface area contributed by atoms with E-state index in [1.165, 1.54) is 7.11 Å². The van der Waals surface area contributed by atoms with Crippen LogP contribution in [0.1, 0.15) is 16.2 Å². The number of carbonyl (C=O) groups is 1. The van der Waals surface area contributed by atoms with Crippen molar-refractivity contribution in [1.82, 2.24) is 9.55 Å². The Morgan fingerprint density at radius 1 is 0.909 bits per heavy atom. The zero-order chi connectivity index (χ0) is 22.9. The maximum atomic E-state index is 13.1. The Hall–Kier alpha value is -4.45. The van der Waals surface area contributed by atoms with Gasteiger partial charge in [0.05, 0.1) is 29.4 Å².